The number of rotatable bonds is 2. The third kappa shape index (κ3) is 1.95. The fourth-order valence-electron chi connectivity index (χ4n) is 0.975. The number of aromatic nitrogens is 2. The second-order valence-corrected chi connectivity index (χ2v) is 3.91. The number of halogens is 1. The molecule has 0 bridgehead atoms. The zero-order chi connectivity index (χ0) is 9.10. The van der Waals surface area contributed by atoms with E-state index in [1.807, 2.05) is 23.6 Å². The summed E-state index contributed by atoms with van der Waals surface area (Å²) < 4.78 is 0. The highest BCUT2D eigenvalue weighted by atomic mass is 79.9. The molecule has 2 aromatic rings. The van der Waals surface area contributed by atoms with E-state index in [1.165, 1.54) is 0 Å². The van der Waals surface area contributed by atoms with Crippen LogP contribution in [-0.2, 0) is 5.33 Å². The number of thiazole rings is 1. The molecule has 0 fully saturated rings. The van der Waals surface area contributed by atoms with E-state index in [4.69, 9.17) is 0 Å². The van der Waals surface area contributed by atoms with Crippen LogP contribution in [-0.4, -0.2) is 9.97 Å². The van der Waals surface area contributed by atoms with Gasteiger partial charge in [0.15, 0.2) is 0 Å². The van der Waals surface area contributed by atoms with Crippen molar-refractivity contribution in [1.29, 1.82) is 0 Å². The van der Waals surface area contributed by atoms with Gasteiger partial charge in [0.25, 0.3) is 0 Å². The van der Waals surface area contributed by atoms with E-state index in [-0.39, 0.29) is 0 Å². The summed E-state index contributed by atoms with van der Waals surface area (Å²) in [6.07, 6.45) is 1.78. The summed E-state index contributed by atoms with van der Waals surface area (Å²) in [5.74, 6) is 0. The Kier molecular flexibility index (Phi) is 2.71. The molecule has 66 valence electrons. The second kappa shape index (κ2) is 3.98. The zero-order valence-corrected chi connectivity index (χ0v) is 9.18. The van der Waals surface area contributed by atoms with Crippen molar-refractivity contribution in [3.8, 4) is 10.7 Å². The van der Waals surface area contributed by atoms with E-state index >= 15 is 0 Å². The molecule has 13 heavy (non-hydrogen) atoms. The zero-order valence-electron chi connectivity index (χ0n) is 6.77. The Balaban J connectivity index is 2.36. The van der Waals surface area contributed by atoms with Crippen LogP contribution in [0.3, 0.4) is 0 Å². The number of pyridine rings is 1. The summed E-state index contributed by atoms with van der Waals surface area (Å²) in [5, 5.41) is 3.82. The molecule has 2 nitrogen and oxygen atoms in total. The highest BCUT2D eigenvalue weighted by Gasteiger charge is 2.03. The first-order valence-corrected chi connectivity index (χ1v) is 5.82. The fourth-order valence-corrected chi connectivity index (χ4v) is 2.27. The molecular formula is C9H7BrN2S. The first-order valence-electron chi connectivity index (χ1n) is 3.82. The SMILES string of the molecule is BrCc1csc(-c2ccccn2)n1. The predicted octanol–water partition coefficient (Wildman–Crippen LogP) is 3.10. The molecule has 0 atom stereocenters. The Morgan fingerprint density at radius 1 is 1.38 bits per heavy atom. The molecule has 4 heteroatoms. The maximum atomic E-state index is 4.41. The fraction of sp³-hybridized carbons (Fsp3) is 0.111. The van der Waals surface area contributed by atoms with Crippen LogP contribution < -0.4 is 0 Å². The van der Waals surface area contributed by atoms with Gasteiger partial charge in [0.2, 0.25) is 0 Å². The summed E-state index contributed by atoms with van der Waals surface area (Å²) in [6.45, 7) is 0. The molecule has 0 unspecified atom stereocenters. The molecule has 2 rings (SSSR count). The van der Waals surface area contributed by atoms with Gasteiger partial charge in [-0.3, -0.25) is 4.98 Å². The molecule has 0 aromatic carbocycles. The Morgan fingerprint density at radius 3 is 2.92 bits per heavy atom. The van der Waals surface area contributed by atoms with Gasteiger partial charge in [-0.15, -0.1) is 11.3 Å². The Hall–Kier alpha value is -0.740. The molecule has 0 aliphatic rings. The Labute approximate surface area is 88.8 Å². The standard InChI is InChI=1S/C9H7BrN2S/c10-5-7-6-13-9(12-7)8-3-1-2-4-11-8/h1-4,6H,5H2. The Bertz CT molecular complexity index is 386. The molecule has 0 N–H and O–H groups in total. The average Bonchev–Trinajstić information content (AvgIpc) is 2.67. The van der Waals surface area contributed by atoms with Crippen molar-refractivity contribution in [2.75, 3.05) is 0 Å². The quantitative estimate of drug-likeness (QED) is 0.770. The smallest absolute Gasteiger partial charge is 0.142 e. The van der Waals surface area contributed by atoms with Crippen LogP contribution in [0.25, 0.3) is 10.7 Å². The largest absolute Gasteiger partial charge is 0.254 e. The molecule has 0 spiro atoms. The third-order valence-electron chi connectivity index (χ3n) is 1.57. The van der Waals surface area contributed by atoms with Gasteiger partial charge in [-0.1, -0.05) is 22.0 Å². The van der Waals surface area contributed by atoms with Crippen LogP contribution in [0, 0.1) is 0 Å². The highest BCUT2D eigenvalue weighted by molar-refractivity contribution is 9.08. The maximum absolute atomic E-state index is 4.41. The number of nitrogens with zero attached hydrogens (tertiary/aromatic N) is 2. The van der Waals surface area contributed by atoms with Gasteiger partial charge in [0.1, 0.15) is 5.01 Å². The monoisotopic (exact) mass is 254 g/mol. The maximum Gasteiger partial charge on any atom is 0.142 e. The van der Waals surface area contributed by atoms with Gasteiger partial charge >= 0.3 is 0 Å². The van der Waals surface area contributed by atoms with Crippen molar-refractivity contribution < 1.29 is 0 Å². The van der Waals surface area contributed by atoms with Crippen LogP contribution in [0.5, 0.6) is 0 Å². The minimum atomic E-state index is 0.802. The van der Waals surface area contributed by atoms with E-state index in [1.54, 1.807) is 17.5 Å². The number of alkyl halides is 1. The van der Waals surface area contributed by atoms with Crippen molar-refractivity contribution in [1.82, 2.24) is 9.97 Å². The summed E-state index contributed by atoms with van der Waals surface area (Å²) in [5.41, 5.74) is 2.00. The van der Waals surface area contributed by atoms with Crippen LogP contribution >= 0.6 is 27.3 Å². The first-order chi connectivity index (χ1) is 6.40. The van der Waals surface area contributed by atoms with Crippen molar-refractivity contribution in [3.63, 3.8) is 0 Å². The normalized spacial score (nSPS) is 10.2. The van der Waals surface area contributed by atoms with Gasteiger partial charge < -0.3 is 0 Å². The Morgan fingerprint density at radius 2 is 2.31 bits per heavy atom. The molecule has 0 saturated carbocycles. The predicted molar refractivity (Wildman–Crippen MR) is 58.0 cm³/mol. The molecule has 0 amide bonds. The van der Waals surface area contributed by atoms with Crippen molar-refractivity contribution in [3.05, 3.63) is 35.5 Å². The lowest BCUT2D eigenvalue weighted by atomic mass is 10.4. The van der Waals surface area contributed by atoms with Crippen molar-refractivity contribution in [2.45, 2.75) is 5.33 Å². The van der Waals surface area contributed by atoms with Gasteiger partial charge in [-0.05, 0) is 12.1 Å². The van der Waals surface area contributed by atoms with E-state index < -0.39 is 0 Å². The van der Waals surface area contributed by atoms with Crippen LogP contribution in [0.4, 0.5) is 0 Å². The lowest BCUT2D eigenvalue weighted by Gasteiger charge is -1.91. The molecule has 0 aliphatic carbocycles. The lowest BCUT2D eigenvalue weighted by molar-refractivity contribution is 1.22. The summed E-state index contributed by atoms with van der Waals surface area (Å²) in [7, 11) is 0. The molecule has 0 saturated heterocycles. The van der Waals surface area contributed by atoms with E-state index in [2.05, 4.69) is 25.9 Å². The minimum absolute atomic E-state index is 0.802. The molecule has 2 heterocycles. The molecular weight excluding hydrogens is 248 g/mol. The van der Waals surface area contributed by atoms with Crippen LogP contribution in [0.1, 0.15) is 5.69 Å². The lowest BCUT2D eigenvalue weighted by Crippen LogP contribution is -1.81. The molecule has 0 radical (unpaired) electrons. The third-order valence-corrected chi connectivity index (χ3v) is 3.06. The van der Waals surface area contributed by atoms with Gasteiger partial charge in [-0.2, -0.15) is 0 Å². The van der Waals surface area contributed by atoms with Gasteiger partial charge in [0, 0.05) is 16.9 Å². The van der Waals surface area contributed by atoms with Gasteiger partial charge in [-0.25, -0.2) is 4.98 Å². The second-order valence-electron chi connectivity index (χ2n) is 2.49. The van der Waals surface area contributed by atoms with Crippen LogP contribution in [0.15, 0.2) is 29.8 Å². The number of hydrogen-bond acceptors (Lipinski definition) is 3. The number of hydrogen-bond donors (Lipinski definition) is 0. The highest BCUT2D eigenvalue weighted by Crippen LogP contribution is 2.21. The minimum Gasteiger partial charge on any atom is -0.254 e. The van der Waals surface area contributed by atoms with E-state index in [9.17, 15) is 0 Å². The van der Waals surface area contributed by atoms with E-state index in [0.29, 0.717) is 0 Å². The van der Waals surface area contributed by atoms with Gasteiger partial charge in [0.05, 0.1) is 11.4 Å². The molecule has 2 aromatic heterocycles. The van der Waals surface area contributed by atoms with Crippen molar-refractivity contribution >= 4 is 27.3 Å². The van der Waals surface area contributed by atoms with Crippen molar-refractivity contribution in [2.24, 2.45) is 0 Å². The summed E-state index contributed by atoms with van der Waals surface area (Å²) in [6, 6.07) is 5.84. The van der Waals surface area contributed by atoms with Crippen LogP contribution in [0.2, 0.25) is 0 Å². The van der Waals surface area contributed by atoms with E-state index in [0.717, 1.165) is 21.7 Å². The molecule has 0 aliphatic heterocycles. The first kappa shape index (κ1) is 8.84. The summed E-state index contributed by atoms with van der Waals surface area (Å²) >= 11 is 4.99. The average molecular weight is 255 g/mol. The topological polar surface area (TPSA) is 25.8 Å². The summed E-state index contributed by atoms with van der Waals surface area (Å²) in [4.78, 5) is 8.64.